The van der Waals surface area contributed by atoms with E-state index in [1.165, 1.54) is 7.11 Å². The number of thioether (sulfide) groups is 1. The Balaban J connectivity index is 1.52. The van der Waals surface area contributed by atoms with E-state index in [4.69, 9.17) is 44.3 Å². The fraction of sp³-hybridized carbons (Fsp3) is 0.0800. The molecule has 1 fully saturated rings. The van der Waals surface area contributed by atoms with Crippen LogP contribution in [0.5, 0.6) is 11.5 Å². The zero-order valence-electron chi connectivity index (χ0n) is 18.1. The fourth-order valence-corrected chi connectivity index (χ4v) is 4.62. The average Bonchev–Trinajstić information content (AvgIpc) is 3.09. The molecule has 10 heteroatoms. The molecule has 0 unspecified atom stereocenters. The van der Waals surface area contributed by atoms with Crippen molar-refractivity contribution in [1.29, 1.82) is 0 Å². The van der Waals surface area contributed by atoms with Crippen LogP contribution in [0.4, 0.5) is 4.79 Å². The Morgan fingerprint density at radius 3 is 2.43 bits per heavy atom. The molecule has 1 aliphatic heterocycles. The number of carbonyl (C=O) groups excluding carboxylic acids is 3. The van der Waals surface area contributed by atoms with Gasteiger partial charge in [-0.15, -0.1) is 0 Å². The summed E-state index contributed by atoms with van der Waals surface area (Å²) in [5.41, 5.74) is 1.48. The molecule has 35 heavy (non-hydrogen) atoms. The quantitative estimate of drug-likeness (QED) is 0.186. The van der Waals surface area contributed by atoms with Crippen LogP contribution in [0.2, 0.25) is 15.1 Å². The van der Waals surface area contributed by atoms with Crippen LogP contribution in [0.25, 0.3) is 6.08 Å². The van der Waals surface area contributed by atoms with Crippen LogP contribution in [0.1, 0.15) is 21.5 Å². The Morgan fingerprint density at radius 1 is 0.943 bits per heavy atom. The Hall–Kier alpha value is -2.97. The molecular formula is C25H16Cl3NO5S. The van der Waals surface area contributed by atoms with Gasteiger partial charge in [-0.25, -0.2) is 4.79 Å². The van der Waals surface area contributed by atoms with Crippen LogP contribution in [0.15, 0.2) is 65.6 Å². The van der Waals surface area contributed by atoms with Gasteiger partial charge < -0.3 is 9.47 Å². The molecule has 6 nitrogen and oxygen atoms in total. The third-order valence-electron chi connectivity index (χ3n) is 4.98. The van der Waals surface area contributed by atoms with E-state index in [2.05, 4.69) is 0 Å². The van der Waals surface area contributed by atoms with Gasteiger partial charge in [0, 0.05) is 0 Å². The summed E-state index contributed by atoms with van der Waals surface area (Å²) in [6, 6.07) is 16.2. The number of rotatable bonds is 6. The molecule has 178 valence electrons. The molecule has 0 atom stereocenters. The van der Waals surface area contributed by atoms with Gasteiger partial charge in [0.2, 0.25) is 0 Å². The fourth-order valence-electron chi connectivity index (χ4n) is 3.25. The van der Waals surface area contributed by atoms with E-state index >= 15 is 0 Å². The number of halogens is 3. The summed E-state index contributed by atoms with van der Waals surface area (Å²) in [4.78, 5) is 39.2. The van der Waals surface area contributed by atoms with Crippen molar-refractivity contribution in [2.45, 2.75) is 6.54 Å². The summed E-state index contributed by atoms with van der Waals surface area (Å²) >= 11 is 18.9. The van der Waals surface area contributed by atoms with Gasteiger partial charge in [0.05, 0.1) is 39.2 Å². The van der Waals surface area contributed by atoms with Crippen LogP contribution < -0.4 is 9.47 Å². The van der Waals surface area contributed by atoms with E-state index < -0.39 is 17.1 Å². The van der Waals surface area contributed by atoms with Crippen molar-refractivity contribution in [2.75, 3.05) is 7.11 Å². The lowest BCUT2D eigenvalue weighted by atomic mass is 10.1. The maximum Gasteiger partial charge on any atom is 0.345 e. The molecule has 1 heterocycles. The molecule has 0 spiro atoms. The average molecular weight is 549 g/mol. The minimum Gasteiger partial charge on any atom is -0.493 e. The van der Waals surface area contributed by atoms with Crippen molar-refractivity contribution in [2.24, 2.45) is 0 Å². The summed E-state index contributed by atoms with van der Waals surface area (Å²) in [5, 5.41) is 0.600. The molecule has 1 saturated heterocycles. The minimum atomic E-state index is -0.634. The SMILES string of the molecule is COc1cc(/C=C2\SC(=O)N(Cc3ccc(Cl)c(Cl)c3)C2=O)ccc1OC(=O)c1ccccc1Cl. The number of hydrogen-bond acceptors (Lipinski definition) is 6. The van der Waals surface area contributed by atoms with Crippen LogP contribution in [0, 0.1) is 0 Å². The topological polar surface area (TPSA) is 72.9 Å². The highest BCUT2D eigenvalue weighted by atomic mass is 35.5. The Morgan fingerprint density at radius 2 is 1.71 bits per heavy atom. The molecule has 2 amide bonds. The predicted octanol–water partition coefficient (Wildman–Crippen LogP) is 7.11. The van der Waals surface area contributed by atoms with Gasteiger partial charge in [-0.1, -0.05) is 59.1 Å². The lowest BCUT2D eigenvalue weighted by Crippen LogP contribution is -2.27. The van der Waals surface area contributed by atoms with Gasteiger partial charge in [-0.3, -0.25) is 14.5 Å². The molecule has 0 radical (unpaired) electrons. The number of benzene rings is 3. The molecule has 3 aromatic carbocycles. The standard InChI is InChI=1S/C25H16Cl3NO5S/c1-33-21-11-14(7-9-20(21)34-24(31)16-4-2-3-5-17(16)26)12-22-23(30)29(25(32)35-22)13-15-6-8-18(27)19(28)10-15/h2-12H,13H2,1H3/b22-12-. The smallest absolute Gasteiger partial charge is 0.345 e. The normalized spacial score (nSPS) is 14.5. The van der Waals surface area contributed by atoms with Crippen LogP contribution in [-0.2, 0) is 11.3 Å². The van der Waals surface area contributed by atoms with E-state index in [1.807, 2.05) is 0 Å². The zero-order valence-corrected chi connectivity index (χ0v) is 21.2. The van der Waals surface area contributed by atoms with Crippen LogP contribution in [0.3, 0.4) is 0 Å². The highest BCUT2D eigenvalue weighted by Crippen LogP contribution is 2.36. The molecule has 0 N–H and O–H groups in total. The number of ether oxygens (including phenoxy) is 2. The van der Waals surface area contributed by atoms with Crippen molar-refractivity contribution < 1.29 is 23.9 Å². The van der Waals surface area contributed by atoms with Crippen LogP contribution >= 0.6 is 46.6 Å². The first-order valence-corrected chi connectivity index (χ1v) is 12.1. The number of nitrogens with zero attached hydrogens (tertiary/aromatic N) is 1. The van der Waals surface area contributed by atoms with Gasteiger partial charge >= 0.3 is 5.97 Å². The van der Waals surface area contributed by atoms with Gasteiger partial charge in [0.25, 0.3) is 11.1 Å². The van der Waals surface area contributed by atoms with Gasteiger partial charge in [0.15, 0.2) is 11.5 Å². The number of amides is 2. The van der Waals surface area contributed by atoms with Gasteiger partial charge in [0.1, 0.15) is 0 Å². The molecule has 1 aliphatic rings. The lowest BCUT2D eigenvalue weighted by Gasteiger charge is -2.13. The Kier molecular flexibility index (Phi) is 7.72. The van der Waals surface area contributed by atoms with E-state index in [0.717, 1.165) is 16.7 Å². The highest BCUT2D eigenvalue weighted by molar-refractivity contribution is 8.18. The maximum atomic E-state index is 12.9. The Labute approximate surface area is 220 Å². The number of esters is 1. The van der Waals surface area contributed by atoms with E-state index in [1.54, 1.807) is 66.7 Å². The van der Waals surface area contributed by atoms with Crippen molar-refractivity contribution in [3.05, 3.63) is 97.3 Å². The lowest BCUT2D eigenvalue weighted by molar-refractivity contribution is -0.123. The molecule has 0 aliphatic carbocycles. The second-order valence-corrected chi connectivity index (χ2v) is 9.51. The zero-order chi connectivity index (χ0) is 25.1. The van der Waals surface area contributed by atoms with Gasteiger partial charge in [-0.2, -0.15) is 0 Å². The monoisotopic (exact) mass is 547 g/mol. The van der Waals surface area contributed by atoms with Crippen molar-refractivity contribution >= 4 is 69.8 Å². The number of carbonyl (C=O) groups is 3. The molecule has 3 aromatic rings. The number of hydrogen-bond donors (Lipinski definition) is 0. The molecule has 4 rings (SSSR count). The largest absolute Gasteiger partial charge is 0.493 e. The van der Waals surface area contributed by atoms with Crippen molar-refractivity contribution in [3.63, 3.8) is 0 Å². The van der Waals surface area contributed by atoms with E-state index in [0.29, 0.717) is 21.2 Å². The third-order valence-corrected chi connectivity index (χ3v) is 6.96. The van der Waals surface area contributed by atoms with Crippen LogP contribution in [-0.4, -0.2) is 29.1 Å². The highest BCUT2D eigenvalue weighted by Gasteiger charge is 2.35. The predicted molar refractivity (Wildman–Crippen MR) is 137 cm³/mol. The summed E-state index contributed by atoms with van der Waals surface area (Å²) in [6.07, 6.45) is 1.57. The summed E-state index contributed by atoms with van der Waals surface area (Å²) in [6.45, 7) is 0.0686. The summed E-state index contributed by atoms with van der Waals surface area (Å²) in [7, 11) is 1.43. The third kappa shape index (κ3) is 5.65. The first-order chi connectivity index (χ1) is 16.8. The summed E-state index contributed by atoms with van der Waals surface area (Å²) < 4.78 is 10.8. The van der Waals surface area contributed by atoms with E-state index in [-0.39, 0.29) is 33.5 Å². The van der Waals surface area contributed by atoms with Crippen molar-refractivity contribution in [1.82, 2.24) is 4.90 Å². The molecule has 0 aromatic heterocycles. The number of imide groups is 1. The first kappa shape index (κ1) is 25.1. The Bertz CT molecular complexity index is 1370. The molecular weight excluding hydrogens is 533 g/mol. The van der Waals surface area contributed by atoms with E-state index in [9.17, 15) is 14.4 Å². The number of methoxy groups -OCH3 is 1. The maximum absolute atomic E-state index is 12.9. The first-order valence-electron chi connectivity index (χ1n) is 10.1. The molecule has 0 saturated carbocycles. The second kappa shape index (κ2) is 10.7. The van der Waals surface area contributed by atoms with Crippen molar-refractivity contribution in [3.8, 4) is 11.5 Å². The summed E-state index contributed by atoms with van der Waals surface area (Å²) in [5.74, 6) is -0.610. The van der Waals surface area contributed by atoms with Gasteiger partial charge in [-0.05, 0) is 65.4 Å². The second-order valence-electron chi connectivity index (χ2n) is 7.30. The molecule has 0 bridgehead atoms. The minimum absolute atomic E-state index is 0.0686.